The monoisotopic (exact) mass is 296 g/mol. The molecule has 9 heteroatoms. The number of nitrogens with two attached hydrogens (primary N) is 2. The molecule has 1 heterocycles. The fourth-order valence-corrected chi connectivity index (χ4v) is 2.44. The van der Waals surface area contributed by atoms with Crippen LogP contribution in [0, 0.1) is 5.82 Å². The average molecular weight is 296 g/mol. The zero-order chi connectivity index (χ0) is 14.5. The number of nitrogens with one attached hydrogen (secondary N) is 1. The van der Waals surface area contributed by atoms with Gasteiger partial charge < -0.3 is 5.73 Å². The molecule has 0 aliphatic carbocycles. The van der Waals surface area contributed by atoms with Crippen LogP contribution in [0.5, 0.6) is 0 Å². The number of anilines is 1. The van der Waals surface area contributed by atoms with Crippen molar-refractivity contribution in [2.75, 3.05) is 11.5 Å². The molecular weight excluding hydrogens is 283 g/mol. The number of nitrogens with zero attached hydrogens (tertiary/aromatic N) is 3. The molecule has 0 saturated carbocycles. The molecule has 1 amide bonds. The number of carbonyl (C=O) groups is 1. The lowest BCUT2D eigenvalue weighted by Crippen LogP contribution is -2.30. The van der Waals surface area contributed by atoms with Gasteiger partial charge in [0.15, 0.2) is 5.69 Å². The maximum Gasteiger partial charge on any atom is 0.287 e. The Balaban J connectivity index is 1.89. The summed E-state index contributed by atoms with van der Waals surface area (Å²) in [6.45, 7) is 0.520. The number of halogens is 1. The molecule has 1 aromatic heterocycles. The van der Waals surface area contributed by atoms with Gasteiger partial charge in [-0.3, -0.25) is 14.9 Å². The van der Waals surface area contributed by atoms with Crippen LogP contribution in [0.15, 0.2) is 29.3 Å². The summed E-state index contributed by atoms with van der Waals surface area (Å²) in [5, 5.41) is 7.46. The highest BCUT2D eigenvalue weighted by molar-refractivity contribution is 7.99. The molecule has 0 bridgehead atoms. The standard InChI is InChI=1S/C11H13FN6OS/c12-7-3-8(13)5-9(4-7)20-2-1-18-6-10(16-17-18)11(19)15-14/h3-6H,1-2,13-14H2,(H,15,19). The Morgan fingerprint density at radius 2 is 2.25 bits per heavy atom. The Morgan fingerprint density at radius 1 is 1.45 bits per heavy atom. The Hall–Kier alpha value is -2.13. The molecule has 0 saturated heterocycles. The molecule has 1 aromatic carbocycles. The third kappa shape index (κ3) is 3.68. The number of hydrogen-bond donors (Lipinski definition) is 3. The molecule has 0 radical (unpaired) electrons. The number of aromatic nitrogens is 3. The van der Waals surface area contributed by atoms with Crippen LogP contribution in [-0.2, 0) is 6.54 Å². The molecule has 106 valence electrons. The summed E-state index contributed by atoms with van der Waals surface area (Å²) >= 11 is 1.43. The second kappa shape index (κ2) is 6.35. The zero-order valence-electron chi connectivity index (χ0n) is 10.4. The second-order valence-corrected chi connectivity index (χ2v) is 5.08. The van der Waals surface area contributed by atoms with Gasteiger partial charge in [0.25, 0.3) is 5.91 Å². The van der Waals surface area contributed by atoms with Crippen molar-refractivity contribution in [3.63, 3.8) is 0 Å². The van der Waals surface area contributed by atoms with E-state index >= 15 is 0 Å². The van der Waals surface area contributed by atoms with E-state index in [0.29, 0.717) is 18.0 Å². The van der Waals surface area contributed by atoms with Crippen molar-refractivity contribution in [1.29, 1.82) is 0 Å². The molecule has 5 N–H and O–H groups in total. The van der Waals surface area contributed by atoms with Gasteiger partial charge in [0.2, 0.25) is 0 Å². The molecule has 2 aromatic rings. The smallest absolute Gasteiger partial charge is 0.287 e. The number of thioether (sulfide) groups is 1. The summed E-state index contributed by atoms with van der Waals surface area (Å²) in [5.41, 5.74) is 8.06. The predicted octanol–water partition coefficient (Wildman–Crippen LogP) is 0.395. The minimum Gasteiger partial charge on any atom is -0.399 e. The Bertz CT molecular complexity index is 596. The number of nitrogen functional groups attached to an aromatic ring is 2. The van der Waals surface area contributed by atoms with E-state index in [-0.39, 0.29) is 11.5 Å². The Morgan fingerprint density at radius 3 is 2.95 bits per heavy atom. The van der Waals surface area contributed by atoms with E-state index in [1.807, 2.05) is 5.43 Å². The number of rotatable bonds is 5. The highest BCUT2D eigenvalue weighted by atomic mass is 32.2. The molecule has 2 rings (SSSR count). The first-order chi connectivity index (χ1) is 9.58. The van der Waals surface area contributed by atoms with Crippen LogP contribution in [-0.4, -0.2) is 26.7 Å². The van der Waals surface area contributed by atoms with Crippen molar-refractivity contribution < 1.29 is 9.18 Å². The number of carbonyl (C=O) groups excluding carboxylic acids is 1. The molecule has 0 aliphatic heterocycles. The molecule has 7 nitrogen and oxygen atoms in total. The Kier molecular flexibility index (Phi) is 4.53. The van der Waals surface area contributed by atoms with Crippen molar-refractivity contribution in [2.24, 2.45) is 5.84 Å². The summed E-state index contributed by atoms with van der Waals surface area (Å²) in [6.07, 6.45) is 1.49. The van der Waals surface area contributed by atoms with Gasteiger partial charge in [-0.25, -0.2) is 10.2 Å². The van der Waals surface area contributed by atoms with Gasteiger partial charge >= 0.3 is 0 Å². The topological polar surface area (TPSA) is 112 Å². The third-order valence-electron chi connectivity index (χ3n) is 2.39. The number of hydrazine groups is 1. The molecule has 0 unspecified atom stereocenters. The molecule has 20 heavy (non-hydrogen) atoms. The first kappa shape index (κ1) is 14.3. The minimum atomic E-state index is -0.498. The summed E-state index contributed by atoms with van der Waals surface area (Å²) in [4.78, 5) is 11.9. The van der Waals surface area contributed by atoms with Gasteiger partial charge in [-0.2, -0.15) is 0 Å². The number of amides is 1. The summed E-state index contributed by atoms with van der Waals surface area (Å²) in [6, 6.07) is 4.37. The lowest BCUT2D eigenvalue weighted by Gasteiger charge is -2.03. The van der Waals surface area contributed by atoms with Crippen LogP contribution in [0.25, 0.3) is 0 Å². The fourth-order valence-electron chi connectivity index (χ4n) is 1.51. The first-order valence-electron chi connectivity index (χ1n) is 5.68. The molecule has 0 aliphatic rings. The van der Waals surface area contributed by atoms with E-state index in [9.17, 15) is 9.18 Å². The second-order valence-electron chi connectivity index (χ2n) is 3.91. The van der Waals surface area contributed by atoms with Gasteiger partial charge in [-0.1, -0.05) is 5.21 Å². The first-order valence-corrected chi connectivity index (χ1v) is 6.67. The van der Waals surface area contributed by atoms with Gasteiger partial charge in [0, 0.05) is 16.3 Å². The molecule has 0 fully saturated rings. The fraction of sp³-hybridized carbons (Fsp3) is 0.182. The maximum atomic E-state index is 13.1. The van der Waals surface area contributed by atoms with Crippen molar-refractivity contribution in [3.8, 4) is 0 Å². The van der Waals surface area contributed by atoms with Gasteiger partial charge in [0.1, 0.15) is 5.82 Å². The lowest BCUT2D eigenvalue weighted by molar-refractivity contribution is 0.0948. The summed E-state index contributed by atoms with van der Waals surface area (Å²) in [7, 11) is 0. The van der Waals surface area contributed by atoms with Crippen molar-refractivity contribution in [1.82, 2.24) is 20.4 Å². The van der Waals surface area contributed by atoms with E-state index in [1.165, 1.54) is 34.8 Å². The predicted molar refractivity (Wildman–Crippen MR) is 73.2 cm³/mol. The molecule has 0 atom stereocenters. The highest BCUT2D eigenvalue weighted by Gasteiger charge is 2.08. The van der Waals surface area contributed by atoms with Crippen LogP contribution in [0.2, 0.25) is 0 Å². The number of benzene rings is 1. The van der Waals surface area contributed by atoms with Crippen LogP contribution in [0.3, 0.4) is 0 Å². The van der Waals surface area contributed by atoms with E-state index in [4.69, 9.17) is 11.6 Å². The van der Waals surface area contributed by atoms with Crippen molar-refractivity contribution >= 4 is 23.4 Å². The highest BCUT2D eigenvalue weighted by Crippen LogP contribution is 2.22. The number of hydrogen-bond acceptors (Lipinski definition) is 6. The number of aryl methyl sites for hydroxylation is 1. The van der Waals surface area contributed by atoms with E-state index in [1.54, 1.807) is 6.07 Å². The van der Waals surface area contributed by atoms with Gasteiger partial charge in [0.05, 0.1) is 12.7 Å². The summed E-state index contributed by atoms with van der Waals surface area (Å²) < 4.78 is 14.6. The SMILES string of the molecule is NNC(=O)c1cn(CCSc2cc(N)cc(F)c2)nn1. The van der Waals surface area contributed by atoms with Crippen LogP contribution in [0.1, 0.15) is 10.5 Å². The van der Waals surface area contributed by atoms with Crippen LogP contribution >= 0.6 is 11.8 Å². The molecular formula is C11H13FN6OS. The quantitative estimate of drug-likeness (QED) is 0.242. The van der Waals surface area contributed by atoms with E-state index < -0.39 is 5.91 Å². The van der Waals surface area contributed by atoms with Gasteiger partial charge in [-0.15, -0.1) is 16.9 Å². The van der Waals surface area contributed by atoms with Crippen molar-refractivity contribution in [2.45, 2.75) is 11.4 Å². The van der Waals surface area contributed by atoms with Gasteiger partial charge in [-0.05, 0) is 18.2 Å². The van der Waals surface area contributed by atoms with E-state index in [0.717, 1.165) is 4.90 Å². The van der Waals surface area contributed by atoms with Crippen LogP contribution < -0.4 is 17.0 Å². The largest absolute Gasteiger partial charge is 0.399 e. The summed E-state index contributed by atoms with van der Waals surface area (Å²) in [5.74, 6) is 4.76. The normalized spacial score (nSPS) is 10.5. The third-order valence-corrected chi connectivity index (χ3v) is 3.34. The van der Waals surface area contributed by atoms with E-state index in [2.05, 4.69) is 10.3 Å². The minimum absolute atomic E-state index is 0.146. The zero-order valence-corrected chi connectivity index (χ0v) is 11.2. The van der Waals surface area contributed by atoms with Crippen LogP contribution in [0.4, 0.5) is 10.1 Å². The lowest BCUT2D eigenvalue weighted by atomic mass is 10.3. The Labute approximate surface area is 118 Å². The molecule has 0 spiro atoms. The average Bonchev–Trinajstić information content (AvgIpc) is 2.85. The van der Waals surface area contributed by atoms with Crippen molar-refractivity contribution in [3.05, 3.63) is 35.9 Å². The maximum absolute atomic E-state index is 13.1.